The number of amides is 1. The third-order valence-corrected chi connectivity index (χ3v) is 2.67. The molecule has 1 aliphatic heterocycles. The lowest BCUT2D eigenvalue weighted by Gasteiger charge is -2.12. The van der Waals surface area contributed by atoms with E-state index in [9.17, 15) is 4.79 Å². The molecule has 0 spiro atoms. The van der Waals surface area contributed by atoms with Crippen molar-refractivity contribution in [3.05, 3.63) is 30.3 Å². The van der Waals surface area contributed by atoms with E-state index in [2.05, 4.69) is 0 Å². The van der Waals surface area contributed by atoms with Crippen molar-refractivity contribution in [3.63, 3.8) is 0 Å². The van der Waals surface area contributed by atoms with Gasteiger partial charge in [-0.05, 0) is 31.5 Å². The predicted molar refractivity (Wildman–Crippen MR) is 62.3 cm³/mol. The van der Waals surface area contributed by atoms with Gasteiger partial charge in [-0.25, -0.2) is 4.79 Å². The van der Waals surface area contributed by atoms with Crippen LogP contribution in [0.5, 0.6) is 0 Å². The molecule has 0 radical (unpaired) electrons. The lowest BCUT2D eigenvalue weighted by Crippen LogP contribution is -2.24. The number of para-hydroxylation sites is 1. The number of carbonyl (C=O) groups excluding carboxylic acids is 1. The summed E-state index contributed by atoms with van der Waals surface area (Å²) in [5.41, 5.74) is 6.32. The molecule has 0 saturated carbocycles. The first-order chi connectivity index (χ1) is 7.81. The Morgan fingerprint density at radius 3 is 2.81 bits per heavy atom. The highest BCUT2D eigenvalue weighted by Crippen LogP contribution is 2.22. The standard InChI is InChI=1S/C12H16N2O2/c13-8-4-7-11-9-14(12(15)16-11)10-5-2-1-3-6-10/h1-3,5-6,11H,4,7-9,13H2. The highest BCUT2D eigenvalue weighted by Gasteiger charge is 2.31. The van der Waals surface area contributed by atoms with E-state index in [-0.39, 0.29) is 12.2 Å². The fourth-order valence-corrected chi connectivity index (χ4v) is 1.84. The summed E-state index contributed by atoms with van der Waals surface area (Å²) in [7, 11) is 0. The number of cyclic esters (lactones) is 1. The lowest BCUT2D eigenvalue weighted by molar-refractivity contribution is 0.136. The van der Waals surface area contributed by atoms with Crippen LogP contribution in [-0.2, 0) is 4.74 Å². The Bertz CT molecular complexity index is 353. The first-order valence-corrected chi connectivity index (χ1v) is 5.54. The van der Waals surface area contributed by atoms with Gasteiger partial charge >= 0.3 is 6.09 Å². The Kier molecular flexibility index (Phi) is 3.41. The van der Waals surface area contributed by atoms with Crippen LogP contribution in [0.3, 0.4) is 0 Å². The molecule has 0 aromatic heterocycles. The average molecular weight is 220 g/mol. The summed E-state index contributed by atoms with van der Waals surface area (Å²) in [5, 5.41) is 0. The fraction of sp³-hybridized carbons (Fsp3) is 0.417. The highest BCUT2D eigenvalue weighted by molar-refractivity contribution is 5.89. The van der Waals surface area contributed by atoms with Gasteiger partial charge in [-0.2, -0.15) is 0 Å². The molecule has 4 heteroatoms. The Morgan fingerprint density at radius 2 is 2.12 bits per heavy atom. The van der Waals surface area contributed by atoms with Gasteiger partial charge in [-0.15, -0.1) is 0 Å². The zero-order chi connectivity index (χ0) is 11.4. The Labute approximate surface area is 95.0 Å². The van der Waals surface area contributed by atoms with Gasteiger partial charge in [0.1, 0.15) is 6.10 Å². The number of anilines is 1. The molecule has 1 fully saturated rings. The maximum atomic E-state index is 11.6. The van der Waals surface area contributed by atoms with E-state index < -0.39 is 0 Å². The van der Waals surface area contributed by atoms with E-state index in [1.165, 1.54) is 0 Å². The van der Waals surface area contributed by atoms with E-state index in [1.54, 1.807) is 4.90 Å². The van der Waals surface area contributed by atoms with Gasteiger partial charge in [-0.1, -0.05) is 18.2 Å². The topological polar surface area (TPSA) is 55.6 Å². The van der Waals surface area contributed by atoms with Gasteiger partial charge in [0.15, 0.2) is 0 Å². The zero-order valence-electron chi connectivity index (χ0n) is 9.13. The highest BCUT2D eigenvalue weighted by atomic mass is 16.6. The summed E-state index contributed by atoms with van der Waals surface area (Å²) in [6.07, 6.45) is 1.45. The maximum Gasteiger partial charge on any atom is 0.414 e. The molecule has 1 heterocycles. The number of hydrogen-bond acceptors (Lipinski definition) is 3. The minimum Gasteiger partial charge on any atom is -0.444 e. The molecular weight excluding hydrogens is 204 g/mol. The molecule has 1 atom stereocenters. The predicted octanol–water partition coefficient (Wildman–Crippen LogP) is 1.75. The molecule has 4 nitrogen and oxygen atoms in total. The summed E-state index contributed by atoms with van der Waals surface area (Å²) in [5.74, 6) is 0. The summed E-state index contributed by atoms with van der Waals surface area (Å²) in [4.78, 5) is 13.3. The van der Waals surface area contributed by atoms with Crippen LogP contribution in [0.15, 0.2) is 30.3 Å². The zero-order valence-corrected chi connectivity index (χ0v) is 9.13. The second-order valence-electron chi connectivity index (χ2n) is 3.88. The number of benzene rings is 1. The van der Waals surface area contributed by atoms with Gasteiger partial charge in [0.25, 0.3) is 0 Å². The van der Waals surface area contributed by atoms with E-state index in [0.717, 1.165) is 18.5 Å². The van der Waals surface area contributed by atoms with Crippen LogP contribution in [0.4, 0.5) is 10.5 Å². The third-order valence-electron chi connectivity index (χ3n) is 2.67. The van der Waals surface area contributed by atoms with Crippen molar-refractivity contribution in [1.29, 1.82) is 0 Å². The van der Waals surface area contributed by atoms with Crippen LogP contribution in [-0.4, -0.2) is 25.3 Å². The van der Waals surface area contributed by atoms with Crippen molar-refractivity contribution in [2.45, 2.75) is 18.9 Å². The number of nitrogens with two attached hydrogens (primary N) is 1. The smallest absolute Gasteiger partial charge is 0.414 e. The number of ether oxygens (including phenoxy) is 1. The summed E-state index contributed by atoms with van der Waals surface area (Å²) >= 11 is 0. The molecule has 1 aromatic carbocycles. The van der Waals surface area contributed by atoms with Crippen LogP contribution < -0.4 is 10.6 Å². The third kappa shape index (κ3) is 2.33. The maximum absolute atomic E-state index is 11.6. The monoisotopic (exact) mass is 220 g/mol. The van der Waals surface area contributed by atoms with E-state index >= 15 is 0 Å². The Morgan fingerprint density at radius 1 is 1.38 bits per heavy atom. The first kappa shape index (κ1) is 11.0. The molecule has 2 rings (SSSR count). The average Bonchev–Trinajstić information content (AvgIpc) is 2.69. The van der Waals surface area contributed by atoms with Crippen LogP contribution in [0.1, 0.15) is 12.8 Å². The van der Waals surface area contributed by atoms with Crippen molar-refractivity contribution in [1.82, 2.24) is 0 Å². The second-order valence-corrected chi connectivity index (χ2v) is 3.88. The van der Waals surface area contributed by atoms with Crippen molar-refractivity contribution >= 4 is 11.8 Å². The molecule has 2 N–H and O–H groups in total. The molecule has 1 aromatic rings. The summed E-state index contributed by atoms with van der Waals surface area (Å²) in [6.45, 7) is 1.27. The number of nitrogens with zero attached hydrogens (tertiary/aromatic N) is 1. The molecule has 1 amide bonds. The SMILES string of the molecule is NCCCC1CN(c2ccccc2)C(=O)O1. The fourth-order valence-electron chi connectivity index (χ4n) is 1.84. The largest absolute Gasteiger partial charge is 0.444 e. The van der Waals surface area contributed by atoms with Gasteiger partial charge in [-0.3, -0.25) is 4.90 Å². The normalized spacial score (nSPS) is 19.9. The minimum absolute atomic E-state index is 0.0174. The van der Waals surface area contributed by atoms with Crippen LogP contribution >= 0.6 is 0 Å². The van der Waals surface area contributed by atoms with E-state index in [4.69, 9.17) is 10.5 Å². The Hall–Kier alpha value is -1.55. The molecule has 16 heavy (non-hydrogen) atoms. The van der Waals surface area contributed by atoms with E-state index in [1.807, 2.05) is 30.3 Å². The van der Waals surface area contributed by atoms with Crippen molar-refractivity contribution in [2.75, 3.05) is 18.0 Å². The van der Waals surface area contributed by atoms with Crippen molar-refractivity contribution in [2.24, 2.45) is 5.73 Å². The molecule has 86 valence electrons. The van der Waals surface area contributed by atoms with Crippen LogP contribution in [0.25, 0.3) is 0 Å². The molecule has 0 bridgehead atoms. The first-order valence-electron chi connectivity index (χ1n) is 5.54. The van der Waals surface area contributed by atoms with Crippen molar-refractivity contribution in [3.8, 4) is 0 Å². The second kappa shape index (κ2) is 4.99. The van der Waals surface area contributed by atoms with Gasteiger partial charge in [0.05, 0.1) is 6.54 Å². The Balaban J connectivity index is 2.00. The molecular formula is C12H16N2O2. The quantitative estimate of drug-likeness (QED) is 0.841. The van der Waals surface area contributed by atoms with Crippen LogP contribution in [0, 0.1) is 0 Å². The van der Waals surface area contributed by atoms with Gasteiger partial charge < -0.3 is 10.5 Å². The summed E-state index contributed by atoms with van der Waals surface area (Å²) in [6, 6.07) is 9.57. The number of carbonyl (C=O) groups is 1. The van der Waals surface area contributed by atoms with Gasteiger partial charge in [0, 0.05) is 5.69 Å². The number of hydrogen-bond donors (Lipinski definition) is 1. The van der Waals surface area contributed by atoms with E-state index in [0.29, 0.717) is 13.1 Å². The van der Waals surface area contributed by atoms with Crippen LogP contribution in [0.2, 0.25) is 0 Å². The lowest BCUT2D eigenvalue weighted by atomic mass is 10.2. The molecule has 1 aliphatic rings. The minimum atomic E-state index is -0.256. The van der Waals surface area contributed by atoms with Crippen molar-refractivity contribution < 1.29 is 9.53 Å². The molecule has 0 aliphatic carbocycles. The number of rotatable bonds is 4. The molecule has 1 unspecified atom stereocenters. The summed E-state index contributed by atoms with van der Waals surface area (Å²) < 4.78 is 5.26. The van der Waals surface area contributed by atoms with Gasteiger partial charge in [0.2, 0.25) is 0 Å². The molecule has 1 saturated heterocycles.